The molecule has 8 aromatic heterocycles. The Kier molecular flexibility index (Phi) is 29.1. The fourth-order valence-corrected chi connectivity index (χ4v) is 11.6. The number of pyridine rings is 3. The van der Waals surface area contributed by atoms with Crippen molar-refractivity contribution in [2.24, 2.45) is 0 Å². The average molecular weight is 1570 g/mol. The van der Waals surface area contributed by atoms with Crippen molar-refractivity contribution in [3.05, 3.63) is 187 Å². The first-order chi connectivity index (χ1) is 55.9. The van der Waals surface area contributed by atoms with Crippen LogP contribution in [0.15, 0.2) is 188 Å². The Morgan fingerprint density at radius 2 is 0.809 bits per heavy atom. The van der Waals surface area contributed by atoms with Crippen molar-refractivity contribution in [2.45, 2.75) is 114 Å². The zero-order valence-electron chi connectivity index (χ0n) is 66.5. The van der Waals surface area contributed by atoms with E-state index >= 15 is 0 Å². The maximum Gasteiger partial charge on any atom is 0.258 e. The molecule has 0 atom stereocenters. The van der Waals surface area contributed by atoms with E-state index in [1.54, 1.807) is 30.7 Å². The molecule has 0 saturated heterocycles. The highest BCUT2D eigenvalue weighted by atomic mass is 16.5. The minimum atomic E-state index is -0.386. The number of benzene rings is 6. The third-order valence-electron chi connectivity index (χ3n) is 17.4. The number of aliphatic hydroxyl groups excluding tert-OH is 3. The molecular weight excluding hydrogens is 1470 g/mol. The van der Waals surface area contributed by atoms with E-state index in [0.29, 0.717) is 176 Å². The lowest BCUT2D eigenvalue weighted by atomic mass is 10.0. The molecule has 0 amide bonds. The first-order valence-electron chi connectivity index (χ1n) is 38.1. The molecule has 29 heteroatoms. The summed E-state index contributed by atoms with van der Waals surface area (Å²) in [5, 5.41) is 54.2. The topological polar surface area (TPSA) is 369 Å². The number of rotatable bonds is 33. The maximum atomic E-state index is 9.56. The van der Waals surface area contributed by atoms with Gasteiger partial charge in [-0.2, -0.15) is 19.9 Å². The molecule has 29 nitrogen and oxygen atoms in total. The second-order valence-electron chi connectivity index (χ2n) is 26.7. The van der Waals surface area contributed by atoms with Gasteiger partial charge in [0.25, 0.3) is 23.6 Å². The van der Waals surface area contributed by atoms with Crippen molar-refractivity contribution in [3.8, 4) is 137 Å². The summed E-state index contributed by atoms with van der Waals surface area (Å²) >= 11 is 0. The number of ether oxygens (including phenoxy) is 8. The predicted octanol–water partition coefficient (Wildman–Crippen LogP) is 15.8. The number of aromatic amines is 1. The van der Waals surface area contributed by atoms with Crippen LogP contribution >= 0.6 is 0 Å². The SMILES string of the molecule is CCOc1ccc(-c2nc(-c3ccc(CO)nc3)no2)cc1OCC.CCOc1ccc(-c2nc(-c3cccc4[nH]cc(CNC(C)(C)CO)c34)no2)cc1OCC.CCOc1ccc(-c2nc(-c3ccnc(CNC(C)(C)CO)c3)no2)cc1OCC.CCOc1ccc(-c2nc(-c3nccc4ccccc34)no2)cc1OCC. The Hall–Kier alpha value is -12.7. The molecule has 14 rings (SSSR count). The number of nitrogens with zero attached hydrogens (tertiary/aromatic N) is 11. The normalized spacial score (nSPS) is 11.3. The third-order valence-corrected chi connectivity index (χ3v) is 17.4. The van der Waals surface area contributed by atoms with Crippen LogP contribution in [-0.4, -0.2) is 153 Å². The summed E-state index contributed by atoms with van der Waals surface area (Å²) in [6.07, 6.45) is 7.02. The zero-order chi connectivity index (χ0) is 81.3. The number of nitrogens with one attached hydrogen (secondary N) is 3. The first-order valence-corrected chi connectivity index (χ1v) is 38.1. The van der Waals surface area contributed by atoms with Crippen LogP contribution in [0.4, 0.5) is 0 Å². The number of hydrogen-bond donors (Lipinski definition) is 6. The van der Waals surface area contributed by atoms with E-state index in [1.165, 1.54) is 0 Å². The summed E-state index contributed by atoms with van der Waals surface area (Å²) in [6, 6.07) is 45.3. The van der Waals surface area contributed by atoms with Gasteiger partial charge in [0.15, 0.2) is 46.0 Å². The van der Waals surface area contributed by atoms with Gasteiger partial charge in [-0.15, -0.1) is 0 Å². The number of fused-ring (bicyclic) bond motifs is 2. The molecule has 0 radical (unpaired) electrons. The molecule has 0 spiro atoms. The monoisotopic (exact) mass is 1560 g/mol. The van der Waals surface area contributed by atoms with Crippen LogP contribution in [-0.2, 0) is 19.7 Å². The molecule has 0 unspecified atom stereocenters. The van der Waals surface area contributed by atoms with Crippen LogP contribution in [0, 0.1) is 0 Å². The Morgan fingerprint density at radius 3 is 1.28 bits per heavy atom. The molecule has 0 saturated carbocycles. The second-order valence-corrected chi connectivity index (χ2v) is 26.7. The van der Waals surface area contributed by atoms with E-state index in [0.717, 1.165) is 66.3 Å². The summed E-state index contributed by atoms with van der Waals surface area (Å²) in [5.74, 6) is 8.75. The van der Waals surface area contributed by atoms with Crippen molar-refractivity contribution >= 4 is 21.7 Å². The Morgan fingerprint density at radius 1 is 0.383 bits per heavy atom. The lowest BCUT2D eigenvalue weighted by molar-refractivity contribution is 0.187. The number of aromatic nitrogens is 12. The Bertz CT molecular complexity index is 5420. The zero-order valence-corrected chi connectivity index (χ0v) is 66.5. The molecular formula is C86H96N14O15. The van der Waals surface area contributed by atoms with Crippen molar-refractivity contribution in [2.75, 3.05) is 66.1 Å². The molecule has 0 aliphatic rings. The molecule has 0 bridgehead atoms. The quantitative estimate of drug-likeness (QED) is 0.0222. The molecule has 600 valence electrons. The highest BCUT2D eigenvalue weighted by molar-refractivity contribution is 5.96. The standard InChI is InChI=1S/C25H30N4O4.C22H28N4O4.C21H19N3O3.C18H19N3O4/c1-5-31-20-11-10-16(12-21(20)32-6-2)24-28-23(29-33-24)18-8-7-9-19-22(18)17(13-26-19)14-27-25(3,4)15-30;1-5-28-18-8-7-16(12-19(18)29-6-2)21-25-20(26-30-21)15-9-10-23-17(11-15)13-24-22(3,4)14-27;1-3-25-17-10-9-15(13-18(17)26-4-2)21-23-20(24-27-21)19-16-8-6-5-7-14(16)11-12-22-19;1-3-23-15-8-6-12(9-16(15)24-4-2)18-20-17(21-25-18)13-5-7-14(11-22)19-10-13/h7-13,26-27,30H,5-6,14-15H2,1-4H3;7-12,24,27H,5-6,13-14H2,1-4H3;5-13H,3-4H2,1-2H3;5-10,22H,3-4,11H2,1-2H3. The van der Waals surface area contributed by atoms with Gasteiger partial charge in [0.2, 0.25) is 23.3 Å². The van der Waals surface area contributed by atoms with Crippen LogP contribution in [0.5, 0.6) is 46.0 Å². The fourth-order valence-electron chi connectivity index (χ4n) is 11.6. The summed E-state index contributed by atoms with van der Waals surface area (Å²) in [6.45, 7) is 28.6. The highest BCUT2D eigenvalue weighted by Gasteiger charge is 2.24. The number of hydrogen-bond acceptors (Lipinski definition) is 28. The molecule has 8 heterocycles. The van der Waals surface area contributed by atoms with E-state index in [1.807, 2.05) is 223 Å². The second kappa shape index (κ2) is 40.2. The van der Waals surface area contributed by atoms with Crippen LogP contribution in [0.3, 0.4) is 0 Å². The number of H-pyrrole nitrogens is 1. The minimum Gasteiger partial charge on any atom is -0.490 e. The van der Waals surface area contributed by atoms with Gasteiger partial charge in [-0.25, -0.2) is 0 Å². The van der Waals surface area contributed by atoms with E-state index < -0.39 is 0 Å². The van der Waals surface area contributed by atoms with Gasteiger partial charge >= 0.3 is 0 Å². The smallest absolute Gasteiger partial charge is 0.258 e. The molecule has 0 aliphatic heterocycles. The molecule has 6 aromatic carbocycles. The van der Waals surface area contributed by atoms with Crippen LogP contribution in [0.25, 0.3) is 113 Å². The van der Waals surface area contributed by atoms with Gasteiger partial charge < -0.3 is 86.9 Å². The van der Waals surface area contributed by atoms with Crippen molar-refractivity contribution < 1.29 is 71.3 Å². The van der Waals surface area contributed by atoms with Crippen LogP contribution in [0.2, 0.25) is 0 Å². The van der Waals surface area contributed by atoms with Crippen molar-refractivity contribution in [3.63, 3.8) is 0 Å². The Labute approximate surface area is 665 Å². The minimum absolute atomic E-state index is 0.0344. The van der Waals surface area contributed by atoms with E-state index in [-0.39, 0.29) is 30.9 Å². The Balaban J connectivity index is 0.000000152. The predicted molar refractivity (Wildman–Crippen MR) is 435 cm³/mol. The molecule has 6 N–H and O–H groups in total. The van der Waals surface area contributed by atoms with Gasteiger partial charge in [0, 0.05) is 104 Å². The molecule has 14 aromatic rings. The summed E-state index contributed by atoms with van der Waals surface area (Å²) < 4.78 is 67.1. The summed E-state index contributed by atoms with van der Waals surface area (Å²) in [5.41, 5.74) is 8.77. The van der Waals surface area contributed by atoms with E-state index in [9.17, 15) is 10.2 Å². The van der Waals surface area contributed by atoms with Crippen molar-refractivity contribution in [1.82, 2.24) is 71.1 Å². The molecule has 115 heavy (non-hydrogen) atoms. The third kappa shape index (κ3) is 21.6. The lowest BCUT2D eigenvalue weighted by Gasteiger charge is -2.23. The first kappa shape index (κ1) is 83.3. The average Bonchev–Trinajstić information content (AvgIpc) is 1.66. The largest absolute Gasteiger partial charge is 0.490 e. The van der Waals surface area contributed by atoms with Gasteiger partial charge in [-0.05, 0) is 203 Å². The molecule has 0 fully saturated rings. The van der Waals surface area contributed by atoms with Crippen molar-refractivity contribution in [1.29, 1.82) is 0 Å². The van der Waals surface area contributed by atoms with Crippen LogP contribution in [0.1, 0.15) is 100 Å². The van der Waals surface area contributed by atoms with E-state index in [4.69, 9.17) is 61.1 Å². The lowest BCUT2D eigenvalue weighted by Crippen LogP contribution is -2.42. The highest BCUT2D eigenvalue weighted by Crippen LogP contribution is 2.39. The van der Waals surface area contributed by atoms with Crippen LogP contribution < -0.4 is 48.5 Å². The van der Waals surface area contributed by atoms with Gasteiger partial charge in [-0.1, -0.05) is 57.0 Å². The van der Waals surface area contributed by atoms with Gasteiger partial charge in [0.1, 0.15) is 5.69 Å². The fraction of sp³-hybridized carbons (Fsp3) is 0.314. The molecule has 0 aliphatic carbocycles. The van der Waals surface area contributed by atoms with Gasteiger partial charge in [-0.3, -0.25) is 15.0 Å². The van der Waals surface area contributed by atoms with E-state index in [2.05, 4.69) is 71.1 Å². The summed E-state index contributed by atoms with van der Waals surface area (Å²) in [4.78, 5) is 34.4. The summed E-state index contributed by atoms with van der Waals surface area (Å²) in [7, 11) is 0. The maximum absolute atomic E-state index is 9.56. The van der Waals surface area contributed by atoms with Gasteiger partial charge in [0.05, 0.1) is 84.1 Å². The number of aliphatic hydroxyl groups is 3.